The molecule has 1 unspecified atom stereocenters. The molecule has 1 atom stereocenters. The summed E-state index contributed by atoms with van der Waals surface area (Å²) < 4.78 is 0. The first kappa shape index (κ1) is 11.4. The molecule has 1 nitrogen and oxygen atoms in total. The fourth-order valence-corrected chi connectivity index (χ4v) is 2.63. The Kier molecular flexibility index (Phi) is 3.42. The first-order valence-electron chi connectivity index (χ1n) is 5.49. The molecule has 0 aliphatic carbocycles. The van der Waals surface area contributed by atoms with Gasteiger partial charge in [0.1, 0.15) is 0 Å². The van der Waals surface area contributed by atoms with Crippen LogP contribution in [0.4, 0.5) is 0 Å². The third-order valence-corrected chi connectivity index (χ3v) is 3.66. The molecule has 1 aromatic carbocycles. The van der Waals surface area contributed by atoms with E-state index in [1.807, 2.05) is 7.05 Å². The standard InChI is InChI=1S/C14H17NS/c1-10-4-6-12(7-5-10)14(15-3)13-8-11(2)16-9-13/h4-9,14-15H,1-3H3. The van der Waals surface area contributed by atoms with E-state index in [-0.39, 0.29) is 0 Å². The number of benzene rings is 1. The molecule has 2 rings (SSSR count). The monoisotopic (exact) mass is 231 g/mol. The average Bonchev–Trinajstić information content (AvgIpc) is 2.69. The summed E-state index contributed by atoms with van der Waals surface area (Å²) in [4.78, 5) is 1.36. The highest BCUT2D eigenvalue weighted by Crippen LogP contribution is 2.26. The van der Waals surface area contributed by atoms with E-state index >= 15 is 0 Å². The van der Waals surface area contributed by atoms with Crippen molar-refractivity contribution < 1.29 is 0 Å². The van der Waals surface area contributed by atoms with Gasteiger partial charge in [-0.05, 0) is 43.5 Å². The summed E-state index contributed by atoms with van der Waals surface area (Å²) in [5.74, 6) is 0. The quantitative estimate of drug-likeness (QED) is 0.850. The van der Waals surface area contributed by atoms with Crippen LogP contribution < -0.4 is 5.32 Å². The summed E-state index contributed by atoms with van der Waals surface area (Å²) in [5, 5.41) is 5.61. The van der Waals surface area contributed by atoms with Crippen LogP contribution in [-0.4, -0.2) is 7.05 Å². The lowest BCUT2D eigenvalue weighted by molar-refractivity contribution is 0.694. The van der Waals surface area contributed by atoms with Crippen molar-refractivity contribution in [3.8, 4) is 0 Å². The molecule has 0 bridgehead atoms. The molecule has 2 aromatic rings. The fourth-order valence-electron chi connectivity index (χ4n) is 1.90. The minimum Gasteiger partial charge on any atom is -0.309 e. The Morgan fingerprint density at radius 2 is 1.75 bits per heavy atom. The Labute approximate surface area is 101 Å². The smallest absolute Gasteiger partial charge is 0.0582 e. The van der Waals surface area contributed by atoms with Gasteiger partial charge in [-0.15, -0.1) is 11.3 Å². The fraction of sp³-hybridized carbons (Fsp3) is 0.286. The normalized spacial score (nSPS) is 12.7. The number of hydrogen-bond donors (Lipinski definition) is 1. The van der Waals surface area contributed by atoms with Crippen molar-refractivity contribution >= 4 is 11.3 Å². The van der Waals surface area contributed by atoms with Gasteiger partial charge in [-0.25, -0.2) is 0 Å². The van der Waals surface area contributed by atoms with Crippen LogP contribution in [0.15, 0.2) is 35.7 Å². The number of hydrogen-bond acceptors (Lipinski definition) is 2. The van der Waals surface area contributed by atoms with Gasteiger partial charge in [0.2, 0.25) is 0 Å². The van der Waals surface area contributed by atoms with Crippen LogP contribution in [0, 0.1) is 13.8 Å². The molecule has 0 aliphatic heterocycles. The van der Waals surface area contributed by atoms with Crippen LogP contribution in [0.3, 0.4) is 0 Å². The molecule has 1 heterocycles. The van der Waals surface area contributed by atoms with Gasteiger partial charge in [0.15, 0.2) is 0 Å². The van der Waals surface area contributed by atoms with E-state index in [9.17, 15) is 0 Å². The number of nitrogens with one attached hydrogen (secondary N) is 1. The summed E-state index contributed by atoms with van der Waals surface area (Å²) in [6.45, 7) is 4.27. The first-order chi connectivity index (χ1) is 7.70. The average molecular weight is 231 g/mol. The number of rotatable bonds is 3. The van der Waals surface area contributed by atoms with Crippen LogP contribution >= 0.6 is 11.3 Å². The molecule has 0 aliphatic rings. The van der Waals surface area contributed by atoms with Gasteiger partial charge >= 0.3 is 0 Å². The molecule has 0 spiro atoms. The zero-order valence-electron chi connectivity index (χ0n) is 9.95. The molecule has 84 valence electrons. The van der Waals surface area contributed by atoms with Crippen LogP contribution in [0.5, 0.6) is 0 Å². The van der Waals surface area contributed by atoms with E-state index in [2.05, 4.69) is 54.9 Å². The highest BCUT2D eigenvalue weighted by atomic mass is 32.1. The molecule has 0 radical (unpaired) electrons. The van der Waals surface area contributed by atoms with Gasteiger partial charge in [0, 0.05) is 4.88 Å². The molecule has 0 amide bonds. The topological polar surface area (TPSA) is 12.0 Å². The second kappa shape index (κ2) is 4.81. The Bertz CT molecular complexity index is 456. The van der Waals surface area contributed by atoms with Gasteiger partial charge in [-0.1, -0.05) is 29.8 Å². The van der Waals surface area contributed by atoms with Gasteiger partial charge in [-0.3, -0.25) is 0 Å². The number of aryl methyl sites for hydroxylation is 2. The second-order valence-corrected chi connectivity index (χ2v) is 5.24. The lowest BCUT2D eigenvalue weighted by Gasteiger charge is -2.15. The highest BCUT2D eigenvalue weighted by Gasteiger charge is 2.12. The van der Waals surface area contributed by atoms with Crippen molar-refractivity contribution in [3.63, 3.8) is 0 Å². The lowest BCUT2D eigenvalue weighted by atomic mass is 10.0. The van der Waals surface area contributed by atoms with Crippen LogP contribution in [0.1, 0.15) is 27.6 Å². The lowest BCUT2D eigenvalue weighted by Crippen LogP contribution is -2.16. The second-order valence-electron chi connectivity index (χ2n) is 4.12. The third-order valence-electron chi connectivity index (χ3n) is 2.78. The van der Waals surface area contributed by atoms with E-state index in [1.54, 1.807) is 11.3 Å². The third kappa shape index (κ3) is 2.34. The van der Waals surface area contributed by atoms with Crippen molar-refractivity contribution in [2.75, 3.05) is 7.05 Å². The number of thiophene rings is 1. The molecule has 0 fully saturated rings. The first-order valence-corrected chi connectivity index (χ1v) is 6.37. The van der Waals surface area contributed by atoms with Crippen molar-refractivity contribution in [3.05, 3.63) is 57.3 Å². The molecule has 2 heteroatoms. The van der Waals surface area contributed by atoms with E-state index < -0.39 is 0 Å². The predicted octanol–water partition coefficient (Wildman–Crippen LogP) is 3.67. The van der Waals surface area contributed by atoms with Gasteiger partial charge < -0.3 is 5.32 Å². The maximum Gasteiger partial charge on any atom is 0.0582 e. The Hall–Kier alpha value is -1.12. The molecular weight excluding hydrogens is 214 g/mol. The molecule has 1 aromatic heterocycles. The van der Waals surface area contributed by atoms with Crippen molar-refractivity contribution in [1.82, 2.24) is 5.32 Å². The summed E-state index contributed by atoms with van der Waals surface area (Å²) >= 11 is 1.81. The van der Waals surface area contributed by atoms with E-state index in [1.165, 1.54) is 21.6 Å². The molecule has 16 heavy (non-hydrogen) atoms. The van der Waals surface area contributed by atoms with E-state index in [0.29, 0.717) is 6.04 Å². The summed E-state index contributed by atoms with van der Waals surface area (Å²) in [6.07, 6.45) is 0. The molecule has 0 saturated heterocycles. The van der Waals surface area contributed by atoms with E-state index in [4.69, 9.17) is 0 Å². The van der Waals surface area contributed by atoms with Gasteiger partial charge in [-0.2, -0.15) is 0 Å². The summed E-state index contributed by atoms with van der Waals surface area (Å²) in [5.41, 5.74) is 3.99. The largest absolute Gasteiger partial charge is 0.309 e. The zero-order valence-corrected chi connectivity index (χ0v) is 10.8. The summed E-state index contributed by atoms with van der Waals surface area (Å²) in [7, 11) is 2.01. The zero-order chi connectivity index (χ0) is 11.5. The van der Waals surface area contributed by atoms with Gasteiger partial charge in [0.25, 0.3) is 0 Å². The minimum absolute atomic E-state index is 0.311. The summed E-state index contributed by atoms with van der Waals surface area (Å²) in [6, 6.07) is 11.3. The molecular formula is C14H17NS. The Morgan fingerprint density at radius 3 is 2.25 bits per heavy atom. The highest BCUT2D eigenvalue weighted by molar-refractivity contribution is 7.10. The maximum absolute atomic E-state index is 3.37. The van der Waals surface area contributed by atoms with Gasteiger partial charge in [0.05, 0.1) is 6.04 Å². The van der Waals surface area contributed by atoms with Crippen LogP contribution in [-0.2, 0) is 0 Å². The molecule has 0 saturated carbocycles. The maximum atomic E-state index is 3.37. The van der Waals surface area contributed by atoms with Crippen LogP contribution in [0.2, 0.25) is 0 Å². The minimum atomic E-state index is 0.311. The predicted molar refractivity (Wildman–Crippen MR) is 71.1 cm³/mol. The molecule has 1 N–H and O–H groups in total. The Morgan fingerprint density at radius 1 is 1.06 bits per heavy atom. The van der Waals surface area contributed by atoms with Crippen molar-refractivity contribution in [2.45, 2.75) is 19.9 Å². The van der Waals surface area contributed by atoms with Crippen molar-refractivity contribution in [1.29, 1.82) is 0 Å². The van der Waals surface area contributed by atoms with E-state index in [0.717, 1.165) is 0 Å². The van der Waals surface area contributed by atoms with Crippen molar-refractivity contribution in [2.24, 2.45) is 0 Å². The van der Waals surface area contributed by atoms with Crippen LogP contribution in [0.25, 0.3) is 0 Å². The SMILES string of the molecule is CNC(c1ccc(C)cc1)c1csc(C)c1. The Balaban J connectivity index is 2.32.